The standard InChI is InChI=1S/C19H17NO4/c21-15-3-1-2-13(10-15)14-4-5-16-17(22)12-19(24-18(16)11-14)20-6-8-23-9-7-20/h1-5,10-12,21H,6-9H2. The van der Waals surface area contributed by atoms with E-state index in [2.05, 4.69) is 0 Å². The van der Waals surface area contributed by atoms with Crippen molar-refractivity contribution < 1.29 is 14.3 Å². The SMILES string of the molecule is O=c1cc(N2CCOCC2)oc2cc(-c3cccc(O)c3)ccc12. The van der Waals surface area contributed by atoms with Crippen LogP contribution in [0.15, 0.2) is 57.7 Å². The molecule has 122 valence electrons. The third-order valence-corrected chi connectivity index (χ3v) is 4.22. The van der Waals surface area contributed by atoms with Crippen molar-refractivity contribution in [3.63, 3.8) is 0 Å². The maximum atomic E-state index is 12.4. The van der Waals surface area contributed by atoms with Crippen molar-refractivity contribution in [3.05, 3.63) is 58.8 Å². The molecule has 4 rings (SSSR count). The van der Waals surface area contributed by atoms with Gasteiger partial charge in [-0.1, -0.05) is 18.2 Å². The fourth-order valence-electron chi connectivity index (χ4n) is 2.95. The van der Waals surface area contributed by atoms with Gasteiger partial charge in [0.1, 0.15) is 11.3 Å². The molecule has 1 aliphatic rings. The van der Waals surface area contributed by atoms with E-state index in [1.165, 1.54) is 0 Å². The summed E-state index contributed by atoms with van der Waals surface area (Å²) < 4.78 is 11.3. The number of phenols is 1. The van der Waals surface area contributed by atoms with Crippen LogP contribution in [0.1, 0.15) is 0 Å². The molecule has 0 atom stereocenters. The molecule has 1 aromatic heterocycles. The molecular weight excluding hydrogens is 306 g/mol. The molecule has 1 saturated heterocycles. The van der Waals surface area contributed by atoms with Crippen molar-refractivity contribution in [3.8, 4) is 16.9 Å². The average molecular weight is 323 g/mol. The molecule has 1 fully saturated rings. The van der Waals surface area contributed by atoms with Crippen LogP contribution in [0.3, 0.4) is 0 Å². The number of morpholine rings is 1. The Balaban J connectivity index is 1.81. The Labute approximate surface area is 138 Å². The third kappa shape index (κ3) is 2.74. The van der Waals surface area contributed by atoms with E-state index >= 15 is 0 Å². The molecule has 1 N–H and O–H groups in total. The van der Waals surface area contributed by atoms with Crippen molar-refractivity contribution in [2.75, 3.05) is 31.2 Å². The normalized spacial score (nSPS) is 14.9. The minimum Gasteiger partial charge on any atom is -0.508 e. The van der Waals surface area contributed by atoms with E-state index in [4.69, 9.17) is 9.15 Å². The molecule has 5 nitrogen and oxygen atoms in total. The first-order chi connectivity index (χ1) is 11.7. The van der Waals surface area contributed by atoms with Gasteiger partial charge < -0.3 is 19.2 Å². The molecule has 5 heteroatoms. The number of aromatic hydroxyl groups is 1. The molecule has 0 radical (unpaired) electrons. The summed E-state index contributed by atoms with van der Waals surface area (Å²) in [6, 6.07) is 14.0. The zero-order valence-electron chi connectivity index (χ0n) is 13.1. The Morgan fingerprint density at radius 2 is 1.75 bits per heavy atom. The quantitative estimate of drug-likeness (QED) is 0.785. The van der Waals surface area contributed by atoms with Gasteiger partial charge in [-0.3, -0.25) is 4.79 Å². The van der Waals surface area contributed by atoms with E-state index < -0.39 is 0 Å². The largest absolute Gasteiger partial charge is 0.508 e. The first kappa shape index (κ1) is 14.8. The maximum Gasteiger partial charge on any atom is 0.200 e. The van der Waals surface area contributed by atoms with Gasteiger partial charge in [0.05, 0.1) is 18.6 Å². The number of phenolic OH excluding ortho intramolecular Hbond substituents is 1. The predicted molar refractivity (Wildman–Crippen MR) is 92.6 cm³/mol. The fraction of sp³-hybridized carbons (Fsp3) is 0.211. The van der Waals surface area contributed by atoms with E-state index in [1.807, 2.05) is 23.1 Å². The van der Waals surface area contributed by atoms with Crippen LogP contribution in [-0.4, -0.2) is 31.4 Å². The van der Waals surface area contributed by atoms with E-state index in [1.54, 1.807) is 30.3 Å². The summed E-state index contributed by atoms with van der Waals surface area (Å²) in [5.74, 6) is 0.778. The first-order valence-electron chi connectivity index (χ1n) is 7.91. The smallest absolute Gasteiger partial charge is 0.200 e. The molecule has 0 amide bonds. The molecule has 0 spiro atoms. The summed E-state index contributed by atoms with van der Waals surface area (Å²) in [7, 11) is 0. The first-order valence-corrected chi connectivity index (χ1v) is 7.91. The number of anilines is 1. The molecule has 3 aromatic rings. The minimum absolute atomic E-state index is 0.0554. The minimum atomic E-state index is -0.0554. The van der Waals surface area contributed by atoms with E-state index in [0.29, 0.717) is 43.2 Å². The van der Waals surface area contributed by atoms with E-state index in [0.717, 1.165) is 11.1 Å². The summed E-state index contributed by atoms with van der Waals surface area (Å²) in [6.07, 6.45) is 0. The predicted octanol–water partition coefficient (Wildman–Crippen LogP) is 3.00. The molecule has 24 heavy (non-hydrogen) atoms. The van der Waals surface area contributed by atoms with Crippen molar-refractivity contribution in [1.82, 2.24) is 0 Å². The van der Waals surface area contributed by atoms with Gasteiger partial charge in [-0.15, -0.1) is 0 Å². The highest BCUT2D eigenvalue weighted by Crippen LogP contribution is 2.27. The monoisotopic (exact) mass is 323 g/mol. The fourth-order valence-corrected chi connectivity index (χ4v) is 2.95. The summed E-state index contributed by atoms with van der Waals surface area (Å²) >= 11 is 0. The van der Waals surface area contributed by atoms with Crippen LogP contribution in [0, 0.1) is 0 Å². The molecule has 2 heterocycles. The number of rotatable bonds is 2. The molecule has 2 aromatic carbocycles. The zero-order valence-corrected chi connectivity index (χ0v) is 13.1. The second-order valence-electron chi connectivity index (χ2n) is 5.81. The summed E-state index contributed by atoms with van der Waals surface area (Å²) in [5.41, 5.74) is 2.25. The van der Waals surface area contributed by atoms with Gasteiger partial charge in [-0.05, 0) is 35.4 Å². The molecule has 1 aliphatic heterocycles. The van der Waals surface area contributed by atoms with Crippen LogP contribution in [0.2, 0.25) is 0 Å². The number of nitrogens with zero attached hydrogens (tertiary/aromatic N) is 1. The van der Waals surface area contributed by atoms with Gasteiger partial charge in [0.25, 0.3) is 0 Å². The lowest BCUT2D eigenvalue weighted by atomic mass is 10.0. The molecular formula is C19H17NO4. The maximum absolute atomic E-state index is 12.4. The number of hydrogen-bond acceptors (Lipinski definition) is 5. The summed E-state index contributed by atoms with van der Waals surface area (Å²) in [6.45, 7) is 2.68. The highest BCUT2D eigenvalue weighted by molar-refractivity contribution is 5.83. The highest BCUT2D eigenvalue weighted by Gasteiger charge is 2.15. The Morgan fingerprint density at radius 3 is 2.54 bits per heavy atom. The number of hydrogen-bond donors (Lipinski definition) is 1. The van der Waals surface area contributed by atoms with Crippen LogP contribution in [0.25, 0.3) is 22.1 Å². The lowest BCUT2D eigenvalue weighted by molar-refractivity contribution is 0.121. The topological polar surface area (TPSA) is 62.9 Å². The van der Waals surface area contributed by atoms with Crippen molar-refractivity contribution >= 4 is 16.9 Å². The van der Waals surface area contributed by atoms with Gasteiger partial charge in [0.2, 0.25) is 0 Å². The van der Waals surface area contributed by atoms with E-state index in [9.17, 15) is 9.90 Å². The van der Waals surface area contributed by atoms with Gasteiger partial charge in [-0.2, -0.15) is 0 Å². The van der Waals surface area contributed by atoms with E-state index in [-0.39, 0.29) is 11.2 Å². The second kappa shape index (κ2) is 6.02. The highest BCUT2D eigenvalue weighted by atomic mass is 16.5. The Hall–Kier alpha value is -2.79. The second-order valence-corrected chi connectivity index (χ2v) is 5.81. The lowest BCUT2D eigenvalue weighted by Gasteiger charge is -2.27. The summed E-state index contributed by atoms with van der Waals surface area (Å²) in [5, 5.41) is 10.2. The Bertz CT molecular complexity index is 941. The van der Waals surface area contributed by atoms with Gasteiger partial charge >= 0.3 is 0 Å². The van der Waals surface area contributed by atoms with Gasteiger partial charge in [-0.25, -0.2) is 0 Å². The number of fused-ring (bicyclic) bond motifs is 1. The molecule has 0 saturated carbocycles. The van der Waals surface area contributed by atoms with Crippen LogP contribution in [-0.2, 0) is 4.74 Å². The molecule has 0 bridgehead atoms. The lowest BCUT2D eigenvalue weighted by Crippen LogP contribution is -2.36. The Kier molecular flexibility index (Phi) is 3.70. The van der Waals surface area contributed by atoms with Crippen LogP contribution in [0.5, 0.6) is 5.75 Å². The number of benzene rings is 2. The van der Waals surface area contributed by atoms with Crippen molar-refractivity contribution in [1.29, 1.82) is 0 Å². The Morgan fingerprint density at radius 1 is 0.958 bits per heavy atom. The number of ether oxygens (including phenoxy) is 1. The van der Waals surface area contributed by atoms with Crippen molar-refractivity contribution in [2.24, 2.45) is 0 Å². The molecule has 0 aliphatic carbocycles. The van der Waals surface area contributed by atoms with Crippen LogP contribution < -0.4 is 10.3 Å². The van der Waals surface area contributed by atoms with Gasteiger partial charge in [0.15, 0.2) is 11.3 Å². The van der Waals surface area contributed by atoms with Crippen LogP contribution >= 0.6 is 0 Å². The summed E-state index contributed by atoms with van der Waals surface area (Å²) in [4.78, 5) is 14.4. The third-order valence-electron chi connectivity index (χ3n) is 4.22. The zero-order chi connectivity index (χ0) is 16.5. The molecule has 0 unspecified atom stereocenters. The van der Waals surface area contributed by atoms with Crippen molar-refractivity contribution in [2.45, 2.75) is 0 Å². The average Bonchev–Trinajstić information content (AvgIpc) is 2.62. The van der Waals surface area contributed by atoms with Gasteiger partial charge in [0, 0.05) is 19.2 Å². The van der Waals surface area contributed by atoms with Crippen LogP contribution in [0.4, 0.5) is 5.88 Å².